The molecule has 18 heavy (non-hydrogen) atoms. The molecule has 1 aromatic heterocycles. The maximum atomic E-state index is 11.9. The second kappa shape index (κ2) is 5.22. The minimum absolute atomic E-state index is 0.0253. The normalized spacial score (nSPS) is 16.6. The summed E-state index contributed by atoms with van der Waals surface area (Å²) in [5, 5.41) is 0. The number of piperazine rings is 1. The Balaban J connectivity index is 2.01. The molecule has 0 unspecified atom stereocenters. The molecular weight excluding hydrogens is 234 g/mol. The summed E-state index contributed by atoms with van der Waals surface area (Å²) in [5.41, 5.74) is 5.45. The topological polar surface area (TPSA) is 79.8 Å². The number of amides is 2. The van der Waals surface area contributed by atoms with Crippen LogP contribution in [-0.2, 0) is 22.7 Å². The van der Waals surface area contributed by atoms with Gasteiger partial charge in [0.2, 0.25) is 11.8 Å². The van der Waals surface area contributed by atoms with Crippen molar-refractivity contribution in [1.29, 1.82) is 0 Å². The molecule has 2 heterocycles. The number of hydrogen-bond acceptors (Lipinski definition) is 4. The molecule has 0 atom stereocenters. The molecule has 0 aliphatic carbocycles. The van der Waals surface area contributed by atoms with Crippen LogP contribution in [0.2, 0.25) is 0 Å². The molecule has 2 rings (SSSR count). The van der Waals surface area contributed by atoms with Crippen LogP contribution in [0.3, 0.4) is 0 Å². The average Bonchev–Trinajstić information content (AvgIpc) is 2.81. The summed E-state index contributed by atoms with van der Waals surface area (Å²) in [6, 6.07) is 3.57. The van der Waals surface area contributed by atoms with Crippen LogP contribution in [0, 0.1) is 0 Å². The highest BCUT2D eigenvalue weighted by molar-refractivity contribution is 5.92. The molecule has 0 saturated carbocycles. The van der Waals surface area contributed by atoms with E-state index in [-0.39, 0.29) is 24.9 Å². The third-order valence-corrected chi connectivity index (χ3v) is 3.00. The standard InChI is InChI=1S/C12H17N3O3/c1-2-14-7-12(17)15(8-11(14)16)6-10-4-3-9(5-13)18-10/h3-4H,2,5-8,13H2,1H3. The second-order valence-corrected chi connectivity index (χ2v) is 4.23. The summed E-state index contributed by atoms with van der Waals surface area (Å²) in [5.74, 6) is 1.25. The first-order chi connectivity index (χ1) is 8.63. The smallest absolute Gasteiger partial charge is 0.243 e. The van der Waals surface area contributed by atoms with Gasteiger partial charge in [-0.1, -0.05) is 0 Å². The van der Waals surface area contributed by atoms with Crippen LogP contribution in [0.15, 0.2) is 16.5 Å². The van der Waals surface area contributed by atoms with Gasteiger partial charge in [-0.3, -0.25) is 9.59 Å². The number of nitrogens with zero attached hydrogens (tertiary/aromatic N) is 2. The van der Waals surface area contributed by atoms with E-state index in [0.29, 0.717) is 31.2 Å². The van der Waals surface area contributed by atoms with Gasteiger partial charge in [0.05, 0.1) is 19.6 Å². The van der Waals surface area contributed by atoms with Crippen molar-refractivity contribution in [2.24, 2.45) is 5.73 Å². The van der Waals surface area contributed by atoms with Gasteiger partial charge in [0.15, 0.2) is 0 Å². The fourth-order valence-electron chi connectivity index (χ4n) is 1.94. The molecule has 1 aromatic rings. The molecular formula is C12H17N3O3. The highest BCUT2D eigenvalue weighted by Crippen LogP contribution is 2.13. The van der Waals surface area contributed by atoms with E-state index in [4.69, 9.17) is 10.2 Å². The Bertz CT molecular complexity index is 455. The lowest BCUT2D eigenvalue weighted by atomic mass is 10.2. The molecule has 2 amide bonds. The molecule has 1 aliphatic heterocycles. The lowest BCUT2D eigenvalue weighted by Crippen LogP contribution is -2.53. The number of carbonyl (C=O) groups excluding carboxylic acids is 2. The summed E-state index contributed by atoms with van der Waals surface area (Å²) >= 11 is 0. The van der Waals surface area contributed by atoms with E-state index in [1.165, 1.54) is 4.90 Å². The van der Waals surface area contributed by atoms with Crippen LogP contribution >= 0.6 is 0 Å². The fraction of sp³-hybridized carbons (Fsp3) is 0.500. The van der Waals surface area contributed by atoms with Crippen molar-refractivity contribution >= 4 is 11.8 Å². The highest BCUT2D eigenvalue weighted by atomic mass is 16.3. The van der Waals surface area contributed by atoms with Crippen molar-refractivity contribution in [3.63, 3.8) is 0 Å². The van der Waals surface area contributed by atoms with Crippen LogP contribution in [0.5, 0.6) is 0 Å². The number of rotatable bonds is 4. The average molecular weight is 251 g/mol. The third kappa shape index (κ3) is 2.53. The number of carbonyl (C=O) groups is 2. The predicted molar refractivity (Wildman–Crippen MR) is 64.3 cm³/mol. The number of nitrogens with two attached hydrogens (primary N) is 1. The zero-order valence-corrected chi connectivity index (χ0v) is 10.4. The van der Waals surface area contributed by atoms with Gasteiger partial charge in [0, 0.05) is 6.54 Å². The van der Waals surface area contributed by atoms with Gasteiger partial charge in [-0.05, 0) is 19.1 Å². The minimum Gasteiger partial charge on any atom is -0.463 e. The third-order valence-electron chi connectivity index (χ3n) is 3.00. The highest BCUT2D eigenvalue weighted by Gasteiger charge is 2.29. The first kappa shape index (κ1) is 12.6. The first-order valence-electron chi connectivity index (χ1n) is 5.97. The van der Waals surface area contributed by atoms with Crippen LogP contribution < -0.4 is 5.73 Å². The molecule has 98 valence electrons. The van der Waals surface area contributed by atoms with Crippen LogP contribution in [-0.4, -0.2) is 41.2 Å². The van der Waals surface area contributed by atoms with Crippen molar-refractivity contribution in [2.45, 2.75) is 20.0 Å². The van der Waals surface area contributed by atoms with Crippen LogP contribution in [0.1, 0.15) is 18.4 Å². The zero-order chi connectivity index (χ0) is 13.1. The Hall–Kier alpha value is -1.82. The Kier molecular flexibility index (Phi) is 3.66. The van der Waals surface area contributed by atoms with Crippen molar-refractivity contribution in [1.82, 2.24) is 9.80 Å². The minimum atomic E-state index is -0.0536. The van der Waals surface area contributed by atoms with Crippen LogP contribution in [0.4, 0.5) is 0 Å². The first-order valence-corrected chi connectivity index (χ1v) is 5.97. The van der Waals surface area contributed by atoms with Crippen LogP contribution in [0.25, 0.3) is 0 Å². The Morgan fingerprint density at radius 2 is 1.78 bits per heavy atom. The molecule has 1 fully saturated rings. The van der Waals surface area contributed by atoms with E-state index in [2.05, 4.69) is 0 Å². The van der Waals surface area contributed by atoms with Gasteiger partial charge in [0.25, 0.3) is 0 Å². The van der Waals surface area contributed by atoms with Crippen molar-refractivity contribution in [3.8, 4) is 0 Å². The van der Waals surface area contributed by atoms with Gasteiger partial charge in [-0.25, -0.2) is 0 Å². The maximum absolute atomic E-state index is 11.9. The SMILES string of the molecule is CCN1CC(=O)N(Cc2ccc(CN)o2)CC1=O. The van der Waals surface area contributed by atoms with Gasteiger partial charge in [-0.2, -0.15) is 0 Å². The Labute approximate surface area is 105 Å². The predicted octanol–water partition coefficient (Wildman–Crippen LogP) is -0.0710. The van der Waals surface area contributed by atoms with Gasteiger partial charge in [-0.15, -0.1) is 0 Å². The molecule has 0 spiro atoms. The summed E-state index contributed by atoms with van der Waals surface area (Å²) < 4.78 is 5.43. The molecule has 0 radical (unpaired) electrons. The quantitative estimate of drug-likeness (QED) is 0.812. The Morgan fingerprint density at radius 1 is 1.17 bits per heavy atom. The van der Waals surface area contributed by atoms with Crippen molar-refractivity contribution in [3.05, 3.63) is 23.7 Å². The molecule has 6 heteroatoms. The Morgan fingerprint density at radius 3 is 2.39 bits per heavy atom. The zero-order valence-electron chi connectivity index (χ0n) is 10.4. The van der Waals surface area contributed by atoms with E-state index < -0.39 is 0 Å². The molecule has 0 bridgehead atoms. The molecule has 0 aromatic carbocycles. The van der Waals surface area contributed by atoms with Crippen molar-refractivity contribution in [2.75, 3.05) is 19.6 Å². The van der Waals surface area contributed by atoms with E-state index in [1.54, 1.807) is 17.0 Å². The largest absolute Gasteiger partial charge is 0.463 e. The molecule has 1 aliphatic rings. The fourth-order valence-corrected chi connectivity index (χ4v) is 1.94. The summed E-state index contributed by atoms with van der Waals surface area (Å²) in [7, 11) is 0. The lowest BCUT2D eigenvalue weighted by molar-refractivity contribution is -0.150. The van der Waals surface area contributed by atoms with Gasteiger partial charge < -0.3 is 20.0 Å². The second-order valence-electron chi connectivity index (χ2n) is 4.23. The monoisotopic (exact) mass is 251 g/mol. The number of furan rings is 1. The number of likely N-dealkylation sites (N-methyl/N-ethyl adjacent to an activating group) is 1. The summed E-state index contributed by atoms with van der Waals surface area (Å²) in [4.78, 5) is 26.6. The van der Waals surface area contributed by atoms with Crippen molar-refractivity contribution < 1.29 is 14.0 Å². The van der Waals surface area contributed by atoms with Gasteiger partial charge in [0.1, 0.15) is 18.1 Å². The molecule has 2 N–H and O–H groups in total. The summed E-state index contributed by atoms with van der Waals surface area (Å²) in [6.07, 6.45) is 0. The van der Waals surface area contributed by atoms with E-state index in [1.807, 2.05) is 6.92 Å². The van der Waals surface area contributed by atoms with E-state index >= 15 is 0 Å². The summed E-state index contributed by atoms with van der Waals surface area (Å²) in [6.45, 7) is 3.35. The lowest BCUT2D eigenvalue weighted by Gasteiger charge is -2.32. The number of hydrogen-bond donors (Lipinski definition) is 1. The van der Waals surface area contributed by atoms with E-state index in [0.717, 1.165) is 0 Å². The molecule has 6 nitrogen and oxygen atoms in total. The van der Waals surface area contributed by atoms with E-state index in [9.17, 15) is 9.59 Å². The van der Waals surface area contributed by atoms with Gasteiger partial charge >= 0.3 is 0 Å². The maximum Gasteiger partial charge on any atom is 0.243 e. The molecule has 1 saturated heterocycles.